The van der Waals surface area contributed by atoms with Gasteiger partial charge in [-0.25, -0.2) is 9.67 Å². The Morgan fingerprint density at radius 3 is 2.85 bits per heavy atom. The van der Waals surface area contributed by atoms with Crippen LogP contribution >= 0.6 is 0 Å². The SMILES string of the molecule is Cc1nc(-c2nnn(C)c2CNc2nnc(CC(C)C)o2)ccc1O[C@H]1CCC[C@H](C(=O)O)C1. The van der Waals surface area contributed by atoms with Crippen LogP contribution < -0.4 is 10.1 Å². The Hall–Kier alpha value is -3.50. The van der Waals surface area contributed by atoms with Crippen LogP contribution in [0.3, 0.4) is 0 Å². The number of hydrogen-bond acceptors (Lipinski definition) is 9. The van der Waals surface area contributed by atoms with Crippen molar-refractivity contribution in [3.8, 4) is 17.1 Å². The van der Waals surface area contributed by atoms with Crippen LogP contribution in [0.1, 0.15) is 56.8 Å². The number of aliphatic carboxylic acids is 1. The first-order valence-electron chi connectivity index (χ1n) is 11.6. The summed E-state index contributed by atoms with van der Waals surface area (Å²) in [5.74, 6) is 0.590. The summed E-state index contributed by atoms with van der Waals surface area (Å²) in [5.41, 5.74) is 2.86. The molecule has 2 N–H and O–H groups in total. The number of carboxylic acid groups (broad SMARTS) is 1. The summed E-state index contributed by atoms with van der Waals surface area (Å²) < 4.78 is 13.5. The lowest BCUT2D eigenvalue weighted by Gasteiger charge is -2.27. The van der Waals surface area contributed by atoms with Crippen LogP contribution in [0.15, 0.2) is 16.5 Å². The number of rotatable bonds is 9. The molecule has 4 rings (SSSR count). The molecule has 182 valence electrons. The van der Waals surface area contributed by atoms with Crippen molar-refractivity contribution in [2.75, 3.05) is 5.32 Å². The van der Waals surface area contributed by atoms with E-state index in [0.29, 0.717) is 54.3 Å². The third-order valence-electron chi connectivity index (χ3n) is 5.95. The fourth-order valence-electron chi connectivity index (χ4n) is 4.15. The first-order chi connectivity index (χ1) is 16.3. The summed E-state index contributed by atoms with van der Waals surface area (Å²) in [5, 5.41) is 29.0. The summed E-state index contributed by atoms with van der Waals surface area (Å²) in [7, 11) is 1.82. The molecule has 1 aliphatic carbocycles. The predicted octanol–water partition coefficient (Wildman–Crippen LogP) is 3.40. The second-order valence-corrected chi connectivity index (χ2v) is 9.18. The molecule has 11 nitrogen and oxygen atoms in total. The van der Waals surface area contributed by atoms with E-state index in [-0.39, 0.29) is 12.0 Å². The number of anilines is 1. The smallest absolute Gasteiger partial charge is 0.315 e. The average Bonchev–Trinajstić information content (AvgIpc) is 3.39. The number of pyridine rings is 1. The van der Waals surface area contributed by atoms with E-state index in [2.05, 4.69) is 39.7 Å². The van der Waals surface area contributed by atoms with E-state index in [0.717, 1.165) is 30.7 Å². The monoisotopic (exact) mass is 469 g/mol. The first kappa shape index (κ1) is 23.7. The highest BCUT2D eigenvalue weighted by Crippen LogP contribution is 2.30. The largest absolute Gasteiger partial charge is 0.489 e. The van der Waals surface area contributed by atoms with Crippen LogP contribution in [0.5, 0.6) is 5.75 Å². The van der Waals surface area contributed by atoms with Gasteiger partial charge in [-0.2, -0.15) is 0 Å². The Labute approximate surface area is 197 Å². The van der Waals surface area contributed by atoms with Crippen LogP contribution in [-0.4, -0.2) is 47.4 Å². The zero-order chi connectivity index (χ0) is 24.2. The van der Waals surface area contributed by atoms with Crippen molar-refractivity contribution >= 4 is 12.0 Å². The Balaban J connectivity index is 1.45. The maximum atomic E-state index is 11.3. The zero-order valence-corrected chi connectivity index (χ0v) is 20.0. The topological polar surface area (TPSA) is 141 Å². The minimum atomic E-state index is -0.751. The summed E-state index contributed by atoms with van der Waals surface area (Å²) in [6, 6.07) is 4.06. The molecule has 34 heavy (non-hydrogen) atoms. The Bertz CT molecular complexity index is 1140. The van der Waals surface area contributed by atoms with E-state index in [9.17, 15) is 9.90 Å². The minimum absolute atomic E-state index is 0.118. The van der Waals surface area contributed by atoms with E-state index < -0.39 is 5.97 Å². The van der Waals surface area contributed by atoms with Crippen molar-refractivity contribution in [3.63, 3.8) is 0 Å². The van der Waals surface area contributed by atoms with Crippen molar-refractivity contribution in [2.45, 2.75) is 65.5 Å². The van der Waals surface area contributed by atoms with Gasteiger partial charge in [0.1, 0.15) is 11.4 Å². The van der Waals surface area contributed by atoms with Crippen LogP contribution in [0.25, 0.3) is 11.4 Å². The molecule has 0 aromatic carbocycles. The van der Waals surface area contributed by atoms with Crippen molar-refractivity contribution in [1.82, 2.24) is 30.2 Å². The highest BCUT2D eigenvalue weighted by molar-refractivity contribution is 5.70. The Kier molecular flexibility index (Phi) is 7.09. The number of aryl methyl sites for hydroxylation is 2. The summed E-state index contributed by atoms with van der Waals surface area (Å²) in [6.45, 7) is 6.45. The van der Waals surface area contributed by atoms with Gasteiger partial charge in [-0.1, -0.05) is 24.2 Å². The molecule has 1 saturated carbocycles. The van der Waals surface area contributed by atoms with Crippen molar-refractivity contribution in [2.24, 2.45) is 18.9 Å². The third kappa shape index (κ3) is 5.52. The molecule has 1 fully saturated rings. The first-order valence-corrected chi connectivity index (χ1v) is 11.6. The lowest BCUT2D eigenvalue weighted by atomic mass is 9.87. The number of aromatic nitrogens is 6. The molecule has 2 atom stereocenters. The molecule has 3 heterocycles. The fraction of sp³-hybridized carbons (Fsp3) is 0.565. The lowest BCUT2D eigenvalue weighted by Crippen LogP contribution is -2.29. The van der Waals surface area contributed by atoms with Gasteiger partial charge in [-0.15, -0.1) is 10.2 Å². The summed E-state index contributed by atoms with van der Waals surface area (Å²) in [6.07, 6.45) is 3.53. The maximum absolute atomic E-state index is 11.3. The Morgan fingerprint density at radius 1 is 1.29 bits per heavy atom. The van der Waals surface area contributed by atoms with Gasteiger partial charge >= 0.3 is 12.0 Å². The van der Waals surface area contributed by atoms with Gasteiger partial charge in [0.05, 0.1) is 35.6 Å². The molecule has 3 aromatic heterocycles. The molecule has 0 saturated heterocycles. The van der Waals surface area contributed by atoms with Gasteiger partial charge < -0.3 is 19.6 Å². The molecule has 0 spiro atoms. The molecule has 0 aliphatic heterocycles. The molecule has 0 unspecified atom stereocenters. The number of carboxylic acids is 1. The highest BCUT2D eigenvalue weighted by Gasteiger charge is 2.28. The second kappa shape index (κ2) is 10.2. The van der Waals surface area contributed by atoms with Gasteiger partial charge in [0.25, 0.3) is 0 Å². The standard InChI is InChI=1S/C23H31N7O4/c1-13(2)10-20-26-28-23(34-20)24-12-18-21(27-29-30(18)4)17-8-9-19(14(3)25-17)33-16-7-5-6-15(11-16)22(31)32/h8-9,13,15-16H,5-7,10-12H2,1-4H3,(H,24,28)(H,31,32)/t15-,16-/m0/s1. The number of ether oxygens (including phenoxy) is 1. The van der Waals surface area contributed by atoms with Crippen molar-refractivity contribution < 1.29 is 19.1 Å². The second-order valence-electron chi connectivity index (χ2n) is 9.18. The minimum Gasteiger partial charge on any atom is -0.489 e. The molecule has 0 radical (unpaired) electrons. The molecular weight excluding hydrogens is 438 g/mol. The fourth-order valence-corrected chi connectivity index (χ4v) is 4.15. The lowest BCUT2D eigenvalue weighted by molar-refractivity contribution is -0.143. The van der Waals surface area contributed by atoms with Gasteiger partial charge in [-0.05, 0) is 50.7 Å². The van der Waals surface area contributed by atoms with E-state index in [1.165, 1.54) is 0 Å². The van der Waals surface area contributed by atoms with Crippen molar-refractivity contribution in [3.05, 3.63) is 29.4 Å². The van der Waals surface area contributed by atoms with Crippen LogP contribution in [0.2, 0.25) is 0 Å². The van der Waals surface area contributed by atoms with Gasteiger partial charge in [0, 0.05) is 13.5 Å². The predicted molar refractivity (Wildman–Crippen MR) is 123 cm³/mol. The van der Waals surface area contributed by atoms with Crippen LogP contribution in [0.4, 0.5) is 6.01 Å². The average molecular weight is 470 g/mol. The van der Waals surface area contributed by atoms with Gasteiger partial charge in [0.2, 0.25) is 5.89 Å². The van der Waals surface area contributed by atoms with Crippen molar-refractivity contribution in [1.29, 1.82) is 0 Å². The van der Waals surface area contributed by atoms with E-state index in [1.54, 1.807) is 4.68 Å². The number of carbonyl (C=O) groups is 1. The van der Waals surface area contributed by atoms with E-state index in [4.69, 9.17) is 14.1 Å². The molecule has 0 bridgehead atoms. The Morgan fingerprint density at radius 2 is 2.12 bits per heavy atom. The zero-order valence-electron chi connectivity index (χ0n) is 20.0. The van der Waals surface area contributed by atoms with Gasteiger partial charge in [0.15, 0.2) is 0 Å². The molecular formula is C23H31N7O4. The van der Waals surface area contributed by atoms with Crippen LogP contribution in [-0.2, 0) is 24.8 Å². The summed E-state index contributed by atoms with van der Waals surface area (Å²) in [4.78, 5) is 16.0. The normalized spacial score (nSPS) is 18.3. The van der Waals surface area contributed by atoms with E-state index in [1.807, 2.05) is 26.1 Å². The van der Waals surface area contributed by atoms with Crippen LogP contribution in [0, 0.1) is 18.8 Å². The number of hydrogen-bond donors (Lipinski definition) is 2. The maximum Gasteiger partial charge on any atom is 0.315 e. The number of nitrogens with zero attached hydrogens (tertiary/aromatic N) is 6. The molecule has 0 amide bonds. The molecule has 3 aromatic rings. The molecule has 1 aliphatic rings. The van der Waals surface area contributed by atoms with Gasteiger partial charge in [-0.3, -0.25) is 4.79 Å². The molecule has 11 heteroatoms. The summed E-state index contributed by atoms with van der Waals surface area (Å²) >= 11 is 0. The third-order valence-corrected chi connectivity index (χ3v) is 5.95. The number of nitrogens with one attached hydrogen (secondary N) is 1. The quantitative estimate of drug-likeness (QED) is 0.479. The van der Waals surface area contributed by atoms with E-state index >= 15 is 0 Å². The highest BCUT2D eigenvalue weighted by atomic mass is 16.5.